The Bertz CT molecular complexity index is 970. The summed E-state index contributed by atoms with van der Waals surface area (Å²) in [5.41, 5.74) is 10.3. The maximum atomic E-state index is 6.33. The summed E-state index contributed by atoms with van der Waals surface area (Å²) in [5, 5.41) is 7.61. The maximum absolute atomic E-state index is 6.33. The summed E-state index contributed by atoms with van der Waals surface area (Å²) in [6.07, 6.45) is 3.60. The standard InChI is InChI=1S/C23H24ClN5/c24-21-9-4-5-10-23(21)29-22-12-11-19(28-14-6-13-26-17-27-16-25)15-20(22)18-7-2-1-3-8-18/h1-5,7-12,15-17,28-29H,6,13-14H2,(H2,25,26,27). The highest BCUT2D eigenvalue weighted by atomic mass is 35.5. The fourth-order valence-electron chi connectivity index (χ4n) is 2.87. The summed E-state index contributed by atoms with van der Waals surface area (Å²) in [6.45, 7) is 1.51. The molecule has 0 aliphatic heterocycles. The third-order valence-corrected chi connectivity index (χ3v) is 4.60. The molecule has 3 rings (SSSR count). The second-order valence-corrected chi connectivity index (χ2v) is 6.74. The monoisotopic (exact) mass is 405 g/mol. The first-order chi connectivity index (χ1) is 14.3. The first-order valence-corrected chi connectivity index (χ1v) is 9.82. The van der Waals surface area contributed by atoms with E-state index in [4.69, 9.17) is 17.3 Å². The van der Waals surface area contributed by atoms with Crippen LogP contribution < -0.4 is 16.4 Å². The third-order valence-electron chi connectivity index (χ3n) is 4.28. The van der Waals surface area contributed by atoms with E-state index in [-0.39, 0.29) is 0 Å². The molecule has 0 aliphatic carbocycles. The number of anilines is 3. The Balaban J connectivity index is 1.76. The van der Waals surface area contributed by atoms with Gasteiger partial charge in [-0.2, -0.15) is 0 Å². The normalized spacial score (nSPS) is 11.2. The molecule has 0 bridgehead atoms. The number of rotatable bonds is 9. The van der Waals surface area contributed by atoms with E-state index in [1.54, 1.807) is 0 Å². The van der Waals surface area contributed by atoms with Gasteiger partial charge in [-0.3, -0.25) is 4.99 Å². The quantitative estimate of drug-likeness (QED) is 0.247. The van der Waals surface area contributed by atoms with Crippen LogP contribution in [0.4, 0.5) is 17.1 Å². The molecule has 3 aromatic rings. The van der Waals surface area contributed by atoms with Gasteiger partial charge in [0.2, 0.25) is 0 Å². The van der Waals surface area contributed by atoms with E-state index in [9.17, 15) is 0 Å². The summed E-state index contributed by atoms with van der Waals surface area (Å²) in [7, 11) is 0. The second kappa shape index (κ2) is 10.9. The van der Waals surface area contributed by atoms with Gasteiger partial charge in [0.05, 0.1) is 17.0 Å². The van der Waals surface area contributed by atoms with Crippen LogP contribution in [0.15, 0.2) is 82.8 Å². The summed E-state index contributed by atoms with van der Waals surface area (Å²) in [4.78, 5) is 7.91. The minimum atomic E-state index is 0.688. The van der Waals surface area contributed by atoms with E-state index in [0.29, 0.717) is 11.6 Å². The lowest BCUT2D eigenvalue weighted by atomic mass is 10.0. The van der Waals surface area contributed by atoms with E-state index in [1.807, 2.05) is 42.5 Å². The van der Waals surface area contributed by atoms with E-state index in [2.05, 4.69) is 51.0 Å². The maximum Gasteiger partial charge on any atom is 0.111 e. The predicted octanol–water partition coefficient (Wildman–Crippen LogP) is 5.57. The largest absolute Gasteiger partial charge is 0.390 e. The van der Waals surface area contributed by atoms with Crippen molar-refractivity contribution in [3.8, 4) is 11.1 Å². The number of halogens is 1. The molecule has 5 nitrogen and oxygen atoms in total. The Morgan fingerprint density at radius 3 is 2.52 bits per heavy atom. The summed E-state index contributed by atoms with van der Waals surface area (Å²) < 4.78 is 0. The van der Waals surface area contributed by atoms with E-state index < -0.39 is 0 Å². The lowest BCUT2D eigenvalue weighted by Gasteiger charge is -2.16. The number of para-hydroxylation sites is 1. The minimum absolute atomic E-state index is 0.688. The molecular formula is C23H24ClN5. The Kier molecular flexibility index (Phi) is 7.66. The lowest BCUT2D eigenvalue weighted by molar-refractivity contribution is 0.877. The summed E-state index contributed by atoms with van der Waals surface area (Å²) in [6, 6.07) is 24.3. The van der Waals surface area contributed by atoms with E-state index >= 15 is 0 Å². The van der Waals surface area contributed by atoms with Gasteiger partial charge in [0, 0.05) is 30.0 Å². The van der Waals surface area contributed by atoms with Crippen molar-refractivity contribution in [2.24, 2.45) is 15.7 Å². The zero-order chi connectivity index (χ0) is 20.3. The van der Waals surface area contributed by atoms with Crippen LogP contribution >= 0.6 is 11.6 Å². The highest BCUT2D eigenvalue weighted by molar-refractivity contribution is 6.33. The van der Waals surface area contributed by atoms with Crippen molar-refractivity contribution >= 4 is 41.3 Å². The molecule has 4 N–H and O–H groups in total. The van der Waals surface area contributed by atoms with Crippen LogP contribution in [-0.2, 0) is 0 Å². The van der Waals surface area contributed by atoms with Crippen LogP contribution in [0.2, 0.25) is 5.02 Å². The van der Waals surface area contributed by atoms with Crippen LogP contribution in [0, 0.1) is 0 Å². The molecule has 148 valence electrons. The first kappa shape index (κ1) is 20.4. The number of hydrogen-bond acceptors (Lipinski definition) is 3. The van der Waals surface area contributed by atoms with Crippen LogP contribution in [-0.4, -0.2) is 25.8 Å². The molecule has 0 atom stereocenters. The topological polar surface area (TPSA) is 74.8 Å². The molecule has 0 saturated heterocycles. The zero-order valence-electron chi connectivity index (χ0n) is 16.1. The van der Waals surface area contributed by atoms with Crippen molar-refractivity contribution in [3.63, 3.8) is 0 Å². The van der Waals surface area contributed by atoms with Crippen molar-refractivity contribution in [1.29, 1.82) is 0 Å². The molecule has 0 unspecified atom stereocenters. The number of hydrogen-bond donors (Lipinski definition) is 3. The predicted molar refractivity (Wildman–Crippen MR) is 126 cm³/mol. The SMILES string of the molecule is NC=NC=NCCCNc1ccc(Nc2ccccc2Cl)c(-c2ccccc2)c1. The van der Waals surface area contributed by atoms with Gasteiger partial charge in [0.1, 0.15) is 6.34 Å². The van der Waals surface area contributed by atoms with Crippen LogP contribution in [0.25, 0.3) is 11.1 Å². The number of nitrogens with two attached hydrogens (primary N) is 1. The second-order valence-electron chi connectivity index (χ2n) is 6.33. The lowest BCUT2D eigenvalue weighted by Crippen LogP contribution is -2.04. The molecule has 0 fully saturated rings. The average Bonchev–Trinajstić information content (AvgIpc) is 2.76. The van der Waals surface area contributed by atoms with Crippen molar-refractivity contribution in [3.05, 3.63) is 77.8 Å². The molecule has 29 heavy (non-hydrogen) atoms. The van der Waals surface area contributed by atoms with Crippen LogP contribution in [0.5, 0.6) is 0 Å². The van der Waals surface area contributed by atoms with Crippen molar-refractivity contribution in [2.45, 2.75) is 6.42 Å². The van der Waals surface area contributed by atoms with Crippen molar-refractivity contribution < 1.29 is 0 Å². The molecule has 0 radical (unpaired) electrons. The van der Waals surface area contributed by atoms with Gasteiger partial charge in [-0.15, -0.1) is 0 Å². The molecule has 0 heterocycles. The number of benzene rings is 3. The number of nitrogens with one attached hydrogen (secondary N) is 2. The van der Waals surface area contributed by atoms with Crippen LogP contribution in [0.3, 0.4) is 0 Å². The van der Waals surface area contributed by atoms with Gasteiger partial charge in [0.25, 0.3) is 0 Å². The van der Waals surface area contributed by atoms with Gasteiger partial charge in [-0.05, 0) is 42.3 Å². The highest BCUT2D eigenvalue weighted by Gasteiger charge is 2.08. The molecule has 0 amide bonds. The van der Waals surface area contributed by atoms with Gasteiger partial charge in [0.15, 0.2) is 0 Å². The fourth-order valence-corrected chi connectivity index (χ4v) is 3.06. The Morgan fingerprint density at radius 2 is 1.72 bits per heavy atom. The number of aliphatic imine (C=N–C) groups is 2. The van der Waals surface area contributed by atoms with E-state index in [0.717, 1.165) is 41.2 Å². The van der Waals surface area contributed by atoms with Crippen molar-refractivity contribution in [1.82, 2.24) is 0 Å². The van der Waals surface area contributed by atoms with Gasteiger partial charge in [-0.25, -0.2) is 4.99 Å². The smallest absolute Gasteiger partial charge is 0.111 e. The van der Waals surface area contributed by atoms with Gasteiger partial charge < -0.3 is 16.4 Å². The molecular weight excluding hydrogens is 382 g/mol. The molecule has 0 aliphatic rings. The van der Waals surface area contributed by atoms with Gasteiger partial charge in [-0.1, -0.05) is 54.1 Å². The summed E-state index contributed by atoms with van der Waals surface area (Å²) in [5.74, 6) is 0. The average molecular weight is 406 g/mol. The van der Waals surface area contributed by atoms with E-state index in [1.165, 1.54) is 12.7 Å². The Morgan fingerprint density at radius 1 is 0.931 bits per heavy atom. The van der Waals surface area contributed by atoms with Crippen LogP contribution in [0.1, 0.15) is 6.42 Å². The zero-order valence-corrected chi connectivity index (χ0v) is 16.8. The summed E-state index contributed by atoms with van der Waals surface area (Å²) >= 11 is 6.33. The Labute approximate surface area is 176 Å². The van der Waals surface area contributed by atoms with Gasteiger partial charge >= 0.3 is 0 Å². The fraction of sp³-hybridized carbons (Fsp3) is 0.130. The molecule has 0 saturated carbocycles. The highest BCUT2D eigenvalue weighted by Crippen LogP contribution is 2.34. The first-order valence-electron chi connectivity index (χ1n) is 9.44. The molecule has 0 spiro atoms. The number of nitrogens with zero attached hydrogens (tertiary/aromatic N) is 2. The van der Waals surface area contributed by atoms with Crippen molar-refractivity contribution in [2.75, 3.05) is 23.7 Å². The molecule has 6 heteroatoms. The minimum Gasteiger partial charge on any atom is -0.390 e. The molecule has 0 aromatic heterocycles. The molecule has 3 aromatic carbocycles. The Hall–Kier alpha value is -3.31. The third kappa shape index (κ3) is 6.09.